The second kappa shape index (κ2) is 23.1. The highest BCUT2D eigenvalue weighted by molar-refractivity contribution is 5.69. The minimum absolute atomic E-state index is 0.0188. The van der Waals surface area contributed by atoms with Crippen LogP contribution in [0.4, 0.5) is 0 Å². The van der Waals surface area contributed by atoms with Gasteiger partial charge < -0.3 is 4.74 Å². The van der Waals surface area contributed by atoms with E-state index in [0.717, 1.165) is 24.7 Å². The third-order valence-corrected chi connectivity index (χ3v) is 6.10. The molecule has 0 amide bonds. The molecule has 0 N–H and O–H groups in total. The molecule has 2 heteroatoms. The average Bonchev–Trinajstić information content (AvgIpc) is 2.69. The van der Waals surface area contributed by atoms with Gasteiger partial charge in [-0.25, -0.2) is 0 Å². The lowest BCUT2D eigenvalue weighted by molar-refractivity contribution is -0.143. The van der Waals surface area contributed by atoms with Crippen LogP contribution in [0.5, 0.6) is 0 Å². The zero-order valence-electron chi connectivity index (χ0n) is 21.3. The first-order valence-corrected chi connectivity index (χ1v) is 13.7. The highest BCUT2D eigenvalue weighted by atomic mass is 16.5. The summed E-state index contributed by atoms with van der Waals surface area (Å²) in [6.07, 6.45) is 25.6. The molecule has 0 aromatic heterocycles. The summed E-state index contributed by atoms with van der Waals surface area (Å²) in [6, 6.07) is 0. The van der Waals surface area contributed by atoms with Crippen molar-refractivity contribution >= 4 is 5.97 Å². The van der Waals surface area contributed by atoms with Crippen LogP contribution in [0.25, 0.3) is 0 Å². The van der Waals surface area contributed by atoms with Crippen molar-refractivity contribution in [2.24, 2.45) is 11.8 Å². The zero-order chi connectivity index (χ0) is 22.3. The van der Waals surface area contributed by atoms with E-state index in [2.05, 4.69) is 27.7 Å². The van der Waals surface area contributed by atoms with Crippen molar-refractivity contribution in [2.45, 2.75) is 156 Å². The van der Waals surface area contributed by atoms with Crippen LogP contribution in [0, 0.1) is 11.8 Å². The number of carbonyl (C=O) groups excluding carboxylic acids is 1. The van der Waals surface area contributed by atoms with Gasteiger partial charge in [-0.3, -0.25) is 4.79 Å². The lowest BCUT2D eigenvalue weighted by Gasteiger charge is -2.06. The summed E-state index contributed by atoms with van der Waals surface area (Å²) in [6.45, 7) is 9.88. The van der Waals surface area contributed by atoms with Crippen molar-refractivity contribution in [3.63, 3.8) is 0 Å². The van der Waals surface area contributed by atoms with Crippen molar-refractivity contribution in [2.75, 3.05) is 6.61 Å². The Morgan fingerprint density at radius 1 is 0.500 bits per heavy atom. The summed E-state index contributed by atoms with van der Waals surface area (Å²) in [4.78, 5) is 11.8. The van der Waals surface area contributed by atoms with Gasteiger partial charge in [0.15, 0.2) is 0 Å². The van der Waals surface area contributed by atoms with Gasteiger partial charge in [-0.2, -0.15) is 0 Å². The van der Waals surface area contributed by atoms with Crippen molar-refractivity contribution in [3.8, 4) is 0 Å². The Balaban J connectivity index is 3.17. The zero-order valence-corrected chi connectivity index (χ0v) is 21.3. The third kappa shape index (κ3) is 25.5. The predicted molar refractivity (Wildman–Crippen MR) is 133 cm³/mol. The number of carbonyl (C=O) groups is 1. The largest absolute Gasteiger partial charge is 0.466 e. The van der Waals surface area contributed by atoms with Gasteiger partial charge in [0.1, 0.15) is 0 Å². The Morgan fingerprint density at radius 3 is 1.23 bits per heavy atom. The number of ether oxygens (including phenoxy) is 1. The molecule has 0 fully saturated rings. The number of rotatable bonds is 23. The Kier molecular flexibility index (Phi) is 22.7. The molecule has 0 unspecified atom stereocenters. The average molecular weight is 425 g/mol. The molecule has 30 heavy (non-hydrogen) atoms. The molecule has 0 aliphatic carbocycles. The highest BCUT2D eigenvalue weighted by Gasteiger charge is 2.03. The van der Waals surface area contributed by atoms with E-state index in [1.807, 2.05) is 0 Å². The Bertz CT molecular complexity index is 317. The molecule has 2 nitrogen and oxygen atoms in total. The fraction of sp³-hybridized carbons (Fsp3) is 0.964. The molecular formula is C28H56O2. The van der Waals surface area contributed by atoms with Crippen LogP contribution in [0.1, 0.15) is 156 Å². The first-order chi connectivity index (χ1) is 14.5. The van der Waals surface area contributed by atoms with Gasteiger partial charge >= 0.3 is 5.97 Å². The van der Waals surface area contributed by atoms with Gasteiger partial charge in [-0.1, -0.05) is 137 Å². The Labute approximate surface area is 190 Å². The minimum atomic E-state index is 0.0188. The second-order valence-corrected chi connectivity index (χ2v) is 10.3. The van der Waals surface area contributed by atoms with E-state index in [4.69, 9.17) is 4.74 Å². The molecule has 0 rings (SSSR count). The van der Waals surface area contributed by atoms with Gasteiger partial charge in [0.05, 0.1) is 6.61 Å². The van der Waals surface area contributed by atoms with E-state index < -0.39 is 0 Å². The highest BCUT2D eigenvalue weighted by Crippen LogP contribution is 2.14. The molecule has 0 aliphatic heterocycles. The summed E-state index contributed by atoms with van der Waals surface area (Å²) >= 11 is 0. The van der Waals surface area contributed by atoms with E-state index in [-0.39, 0.29) is 5.97 Å². The summed E-state index contributed by atoms with van der Waals surface area (Å²) in [5.74, 6) is 1.73. The monoisotopic (exact) mass is 424 g/mol. The maximum absolute atomic E-state index is 11.8. The molecule has 0 aromatic rings. The van der Waals surface area contributed by atoms with Crippen LogP contribution in [0.15, 0.2) is 0 Å². The molecule has 0 aliphatic rings. The fourth-order valence-corrected chi connectivity index (χ4v) is 4.03. The lowest BCUT2D eigenvalue weighted by atomic mass is 10.0. The Hall–Kier alpha value is -0.530. The summed E-state index contributed by atoms with van der Waals surface area (Å²) in [7, 11) is 0. The number of unbranched alkanes of at least 4 members (excludes halogenated alkanes) is 15. The first kappa shape index (κ1) is 29.5. The van der Waals surface area contributed by atoms with E-state index in [0.29, 0.717) is 13.0 Å². The van der Waals surface area contributed by atoms with Gasteiger partial charge in [0.2, 0.25) is 0 Å². The minimum Gasteiger partial charge on any atom is -0.466 e. The molecular weight excluding hydrogens is 368 g/mol. The molecule has 0 aromatic carbocycles. The molecule has 0 atom stereocenters. The summed E-state index contributed by atoms with van der Waals surface area (Å²) in [5.41, 5.74) is 0. The molecule has 0 spiro atoms. The topological polar surface area (TPSA) is 26.3 Å². The maximum atomic E-state index is 11.8. The normalized spacial score (nSPS) is 11.5. The van der Waals surface area contributed by atoms with Gasteiger partial charge in [0.25, 0.3) is 0 Å². The van der Waals surface area contributed by atoms with Gasteiger partial charge in [-0.05, 0) is 24.7 Å². The molecule has 0 saturated heterocycles. The lowest BCUT2D eigenvalue weighted by Crippen LogP contribution is -2.05. The quantitative estimate of drug-likeness (QED) is 0.120. The van der Waals surface area contributed by atoms with E-state index in [1.54, 1.807) is 0 Å². The Morgan fingerprint density at radius 2 is 0.833 bits per heavy atom. The molecule has 180 valence electrons. The second-order valence-electron chi connectivity index (χ2n) is 10.3. The van der Waals surface area contributed by atoms with Crippen LogP contribution in [0.3, 0.4) is 0 Å². The van der Waals surface area contributed by atoms with Crippen LogP contribution in [0.2, 0.25) is 0 Å². The fourth-order valence-electron chi connectivity index (χ4n) is 4.03. The first-order valence-electron chi connectivity index (χ1n) is 13.7. The predicted octanol–water partition coefficient (Wildman–Crippen LogP) is 9.64. The van der Waals surface area contributed by atoms with E-state index >= 15 is 0 Å². The van der Waals surface area contributed by atoms with Crippen LogP contribution in [-0.2, 0) is 9.53 Å². The van der Waals surface area contributed by atoms with Crippen LogP contribution in [-0.4, -0.2) is 12.6 Å². The smallest absolute Gasteiger partial charge is 0.305 e. The van der Waals surface area contributed by atoms with E-state index in [9.17, 15) is 4.79 Å². The summed E-state index contributed by atoms with van der Waals surface area (Å²) < 4.78 is 5.38. The van der Waals surface area contributed by atoms with Crippen LogP contribution < -0.4 is 0 Å². The van der Waals surface area contributed by atoms with Gasteiger partial charge in [0, 0.05) is 6.42 Å². The standard InChI is InChI=1S/C28H56O2/c1-26(2)22-18-14-10-6-5-7-12-16-20-24-28(29)30-25-21-17-13-9-8-11-15-19-23-27(3)4/h26-27H,5-25H2,1-4H3. The number of hydrogen-bond donors (Lipinski definition) is 0. The van der Waals surface area contributed by atoms with Crippen molar-refractivity contribution in [1.82, 2.24) is 0 Å². The molecule has 0 bridgehead atoms. The molecule has 0 radical (unpaired) electrons. The molecule has 0 heterocycles. The summed E-state index contributed by atoms with van der Waals surface area (Å²) in [5, 5.41) is 0. The SMILES string of the molecule is CC(C)CCCCCCCCCCCC(=O)OCCCCCCCCCCC(C)C. The third-order valence-electron chi connectivity index (χ3n) is 6.10. The molecule has 0 saturated carbocycles. The maximum Gasteiger partial charge on any atom is 0.305 e. The number of esters is 1. The van der Waals surface area contributed by atoms with Crippen molar-refractivity contribution in [3.05, 3.63) is 0 Å². The van der Waals surface area contributed by atoms with Crippen LogP contribution >= 0.6 is 0 Å². The number of hydrogen-bond acceptors (Lipinski definition) is 2. The van der Waals surface area contributed by atoms with Crippen molar-refractivity contribution < 1.29 is 9.53 Å². The van der Waals surface area contributed by atoms with Gasteiger partial charge in [-0.15, -0.1) is 0 Å². The van der Waals surface area contributed by atoms with Crippen molar-refractivity contribution in [1.29, 1.82) is 0 Å². The van der Waals surface area contributed by atoms with E-state index in [1.165, 1.54) is 109 Å².